The molecule has 10 heteroatoms. The molecule has 2 aromatic carbocycles. The van der Waals surface area contributed by atoms with E-state index < -0.39 is 20.6 Å². The molecule has 0 N–H and O–H groups in total. The summed E-state index contributed by atoms with van der Waals surface area (Å²) in [6.07, 6.45) is 0. The van der Waals surface area contributed by atoms with Gasteiger partial charge in [-0.3, -0.25) is 9.13 Å². The van der Waals surface area contributed by atoms with Gasteiger partial charge in [0.2, 0.25) is 0 Å². The van der Waals surface area contributed by atoms with E-state index in [0.29, 0.717) is 44.4 Å². The molecule has 0 bridgehead atoms. The molecular formula is C23H34O8P2. The van der Waals surface area contributed by atoms with Gasteiger partial charge >= 0.3 is 15.2 Å². The van der Waals surface area contributed by atoms with E-state index in [2.05, 4.69) is 0 Å². The van der Waals surface area contributed by atoms with E-state index in [-0.39, 0.29) is 0 Å². The van der Waals surface area contributed by atoms with Crippen molar-refractivity contribution in [2.24, 2.45) is 0 Å². The lowest BCUT2D eigenvalue weighted by atomic mass is 9.77. The fraction of sp³-hybridized carbons (Fsp3) is 0.478. The Balaban J connectivity index is 3.03. The minimum atomic E-state index is -3.70. The van der Waals surface area contributed by atoms with Crippen LogP contribution >= 0.6 is 15.2 Å². The molecule has 184 valence electrons. The van der Waals surface area contributed by atoms with E-state index in [1.54, 1.807) is 40.2 Å². The molecule has 0 unspecified atom stereocenters. The molecule has 0 aliphatic heterocycles. The molecule has 0 aliphatic rings. The summed E-state index contributed by atoms with van der Waals surface area (Å²) in [7, 11) is 1.05. The number of methoxy groups -OCH3 is 2. The number of benzene rings is 2. The van der Waals surface area contributed by atoms with Crippen LogP contribution in [0.25, 0.3) is 0 Å². The van der Waals surface area contributed by atoms with Crippen LogP contribution in [0.2, 0.25) is 0 Å². The fourth-order valence-electron chi connectivity index (χ4n) is 4.18. The van der Waals surface area contributed by atoms with Crippen molar-refractivity contribution in [2.75, 3.05) is 42.7 Å². The minimum absolute atomic E-state index is 0.390. The van der Waals surface area contributed by atoms with E-state index in [1.807, 2.05) is 26.0 Å². The average molecular weight is 500 g/mol. The summed E-state index contributed by atoms with van der Waals surface area (Å²) in [5, 5.41) is 0.780. The van der Waals surface area contributed by atoms with E-state index >= 15 is 0 Å². The van der Waals surface area contributed by atoms with Crippen molar-refractivity contribution in [3.8, 4) is 11.5 Å². The molecule has 0 saturated carbocycles. The van der Waals surface area contributed by atoms with Gasteiger partial charge in [-0.25, -0.2) is 0 Å². The van der Waals surface area contributed by atoms with Gasteiger partial charge in [-0.15, -0.1) is 0 Å². The molecule has 0 spiro atoms. The number of hydrogen-bond donors (Lipinski definition) is 0. The van der Waals surface area contributed by atoms with Crippen molar-refractivity contribution in [1.29, 1.82) is 0 Å². The summed E-state index contributed by atoms with van der Waals surface area (Å²) in [5.74, 6) is 1.09. The van der Waals surface area contributed by atoms with Crippen molar-refractivity contribution < 1.29 is 36.7 Å². The van der Waals surface area contributed by atoms with Crippen molar-refractivity contribution in [2.45, 2.75) is 33.1 Å². The first kappa shape index (κ1) is 27.6. The van der Waals surface area contributed by atoms with Gasteiger partial charge in [0, 0.05) is 45.0 Å². The Hall–Kier alpha value is -1.66. The average Bonchev–Trinajstić information content (AvgIpc) is 2.82. The van der Waals surface area contributed by atoms with Crippen molar-refractivity contribution in [1.82, 2.24) is 0 Å². The second-order valence-electron chi connectivity index (χ2n) is 7.93. The predicted molar refractivity (Wildman–Crippen MR) is 130 cm³/mol. The van der Waals surface area contributed by atoms with Crippen LogP contribution in [0.3, 0.4) is 0 Å². The minimum Gasteiger partial charge on any atom is -0.496 e. The molecule has 8 nitrogen and oxygen atoms in total. The first-order chi connectivity index (χ1) is 15.4. The highest BCUT2D eigenvalue weighted by Crippen LogP contribution is 2.53. The highest BCUT2D eigenvalue weighted by molar-refractivity contribution is 7.62. The zero-order valence-corrected chi connectivity index (χ0v) is 22.8. The van der Waals surface area contributed by atoms with Gasteiger partial charge in [0.25, 0.3) is 0 Å². The van der Waals surface area contributed by atoms with Crippen molar-refractivity contribution in [3.63, 3.8) is 0 Å². The smallest absolute Gasteiger partial charge is 0.361 e. The van der Waals surface area contributed by atoms with Crippen molar-refractivity contribution >= 4 is 25.8 Å². The Bertz CT molecular complexity index is 1010. The molecule has 0 radical (unpaired) electrons. The molecule has 0 heterocycles. The maximum Gasteiger partial charge on any atom is 0.361 e. The van der Waals surface area contributed by atoms with E-state index in [4.69, 9.17) is 27.6 Å². The summed E-state index contributed by atoms with van der Waals surface area (Å²) in [5.41, 5.74) is 1.75. The van der Waals surface area contributed by atoms with Crippen LogP contribution in [-0.4, -0.2) is 42.7 Å². The zero-order valence-electron chi connectivity index (χ0n) is 21.0. The third kappa shape index (κ3) is 4.66. The quantitative estimate of drug-likeness (QED) is 0.427. The third-order valence-corrected chi connectivity index (χ3v) is 10.2. The monoisotopic (exact) mass is 500 g/mol. The Labute approximate surface area is 196 Å². The number of hydrogen-bond acceptors (Lipinski definition) is 8. The first-order valence-electron chi connectivity index (χ1n) is 10.2. The lowest BCUT2D eigenvalue weighted by Crippen LogP contribution is -2.34. The van der Waals surface area contributed by atoms with Gasteiger partial charge in [-0.1, -0.05) is 26.0 Å². The SMILES string of the molecule is COc1ccc(C(C)(C)c2ccc(OC)c(C)c2P(=O)(OC)OC)c(P(=O)(OC)OC)c1C. The molecule has 0 saturated heterocycles. The van der Waals surface area contributed by atoms with Crippen LogP contribution in [0.4, 0.5) is 0 Å². The van der Waals surface area contributed by atoms with Crippen LogP contribution < -0.4 is 20.1 Å². The van der Waals surface area contributed by atoms with Crippen molar-refractivity contribution in [3.05, 3.63) is 46.5 Å². The Kier molecular flexibility index (Phi) is 8.61. The molecule has 0 fully saturated rings. The Morgan fingerprint density at radius 3 is 1.15 bits per heavy atom. The summed E-state index contributed by atoms with van der Waals surface area (Å²) in [6.45, 7) is 7.48. The Morgan fingerprint density at radius 1 is 0.606 bits per heavy atom. The van der Waals surface area contributed by atoms with Crippen LogP contribution in [0.15, 0.2) is 24.3 Å². The number of rotatable bonds is 10. The maximum atomic E-state index is 13.7. The van der Waals surface area contributed by atoms with E-state index in [1.165, 1.54) is 28.4 Å². The van der Waals surface area contributed by atoms with E-state index in [9.17, 15) is 9.13 Å². The molecule has 2 rings (SSSR count). The molecule has 0 aromatic heterocycles. The molecule has 0 atom stereocenters. The standard InChI is InChI=1S/C23H34O8P2/c1-15-19(26-5)13-11-17(21(15)32(24,28-7)29-8)23(3,4)18-12-14-20(27-6)16(2)22(18)33(25,30-9)31-10/h11-14H,1-10H3. The molecule has 33 heavy (non-hydrogen) atoms. The molecule has 2 aromatic rings. The Morgan fingerprint density at radius 2 is 0.909 bits per heavy atom. The second kappa shape index (κ2) is 10.3. The number of ether oxygens (including phenoxy) is 2. The van der Waals surface area contributed by atoms with Gasteiger partial charge in [-0.05, 0) is 37.1 Å². The van der Waals surface area contributed by atoms with Gasteiger partial charge in [-0.2, -0.15) is 0 Å². The van der Waals surface area contributed by atoms with Crippen LogP contribution in [0, 0.1) is 13.8 Å². The second-order valence-corrected chi connectivity index (χ2v) is 12.3. The highest BCUT2D eigenvalue weighted by Gasteiger charge is 2.42. The van der Waals surface area contributed by atoms with Gasteiger partial charge in [0.1, 0.15) is 11.5 Å². The largest absolute Gasteiger partial charge is 0.496 e. The maximum absolute atomic E-state index is 13.7. The zero-order chi connectivity index (χ0) is 25.2. The fourth-order valence-corrected chi connectivity index (χ4v) is 7.55. The highest BCUT2D eigenvalue weighted by atomic mass is 31.2. The summed E-state index contributed by atoms with van der Waals surface area (Å²) in [4.78, 5) is 0. The third-order valence-electron chi connectivity index (χ3n) is 6.06. The van der Waals surface area contributed by atoms with Gasteiger partial charge < -0.3 is 27.6 Å². The lowest BCUT2D eigenvalue weighted by Gasteiger charge is -2.34. The lowest BCUT2D eigenvalue weighted by molar-refractivity contribution is 0.286. The van der Waals surface area contributed by atoms with Gasteiger partial charge in [0.15, 0.2) is 0 Å². The van der Waals surface area contributed by atoms with Crippen LogP contribution in [-0.2, 0) is 32.6 Å². The van der Waals surface area contributed by atoms with E-state index in [0.717, 1.165) is 0 Å². The van der Waals surface area contributed by atoms with Gasteiger partial charge in [0.05, 0.1) is 24.8 Å². The topological polar surface area (TPSA) is 89.5 Å². The van der Waals surface area contributed by atoms with Crippen LogP contribution in [0.5, 0.6) is 11.5 Å². The normalized spacial score (nSPS) is 12.7. The molecule has 0 amide bonds. The first-order valence-corrected chi connectivity index (χ1v) is 13.3. The summed E-state index contributed by atoms with van der Waals surface area (Å²) in [6, 6.07) is 7.24. The predicted octanol–water partition coefficient (Wildman–Crippen LogP) is 4.87. The molecule has 0 aliphatic carbocycles. The summed E-state index contributed by atoms with van der Waals surface area (Å²) < 4.78 is 59.8. The summed E-state index contributed by atoms with van der Waals surface area (Å²) >= 11 is 0. The van der Waals surface area contributed by atoms with Crippen LogP contribution in [0.1, 0.15) is 36.1 Å². The molecular weight excluding hydrogens is 466 g/mol.